The van der Waals surface area contributed by atoms with E-state index in [2.05, 4.69) is 5.32 Å². The predicted molar refractivity (Wildman–Crippen MR) is 75.5 cm³/mol. The van der Waals surface area contributed by atoms with Crippen molar-refractivity contribution in [1.82, 2.24) is 10.2 Å². The third kappa shape index (κ3) is 2.72. The van der Waals surface area contributed by atoms with Crippen LogP contribution in [0.15, 0.2) is 18.2 Å². The maximum atomic E-state index is 12.5. The Morgan fingerprint density at radius 2 is 2.35 bits per heavy atom. The summed E-state index contributed by atoms with van der Waals surface area (Å²) in [7, 11) is 1.84. The predicted octanol–water partition coefficient (Wildman–Crippen LogP) is 1.00. The van der Waals surface area contributed by atoms with E-state index in [0.717, 1.165) is 12.8 Å². The van der Waals surface area contributed by atoms with Crippen molar-refractivity contribution in [2.75, 3.05) is 25.9 Å². The average molecular weight is 278 g/mol. The molecule has 1 heterocycles. The van der Waals surface area contributed by atoms with Gasteiger partial charge >= 0.3 is 0 Å². The van der Waals surface area contributed by atoms with E-state index < -0.39 is 4.92 Å². The first-order valence-electron chi connectivity index (χ1n) is 6.54. The summed E-state index contributed by atoms with van der Waals surface area (Å²) in [5.41, 5.74) is 6.16. The molecule has 1 saturated heterocycles. The molecule has 0 aliphatic carbocycles. The molecule has 0 aromatic heterocycles. The zero-order valence-corrected chi connectivity index (χ0v) is 11.3. The van der Waals surface area contributed by atoms with Crippen LogP contribution >= 0.6 is 0 Å². The molecule has 0 spiro atoms. The Bertz CT molecular complexity index is 532. The van der Waals surface area contributed by atoms with Crippen LogP contribution in [0.1, 0.15) is 23.2 Å². The van der Waals surface area contributed by atoms with Crippen LogP contribution in [0.2, 0.25) is 0 Å². The first kappa shape index (κ1) is 14.3. The van der Waals surface area contributed by atoms with Gasteiger partial charge < -0.3 is 16.0 Å². The molecule has 1 amide bonds. The van der Waals surface area contributed by atoms with Gasteiger partial charge in [-0.2, -0.15) is 0 Å². The fourth-order valence-electron chi connectivity index (χ4n) is 2.55. The number of carbonyl (C=O) groups is 1. The number of hydrogen-bond acceptors (Lipinski definition) is 5. The summed E-state index contributed by atoms with van der Waals surface area (Å²) >= 11 is 0. The van der Waals surface area contributed by atoms with Gasteiger partial charge in [0.25, 0.3) is 11.6 Å². The number of non-ortho nitro benzene ring substituents is 1. The first-order valence-corrected chi connectivity index (χ1v) is 6.54. The minimum atomic E-state index is -0.523. The topological polar surface area (TPSA) is 102 Å². The summed E-state index contributed by atoms with van der Waals surface area (Å²) in [6, 6.07) is 4.09. The minimum absolute atomic E-state index is 0.117. The smallest absolute Gasteiger partial charge is 0.270 e. The third-order valence-corrected chi connectivity index (χ3v) is 3.56. The summed E-state index contributed by atoms with van der Waals surface area (Å²) < 4.78 is 0. The molecule has 1 aromatic rings. The second kappa shape index (κ2) is 5.87. The quantitative estimate of drug-likeness (QED) is 0.486. The summed E-state index contributed by atoms with van der Waals surface area (Å²) in [5, 5.41) is 13.9. The highest BCUT2D eigenvalue weighted by Crippen LogP contribution is 2.25. The number of benzene rings is 1. The lowest BCUT2D eigenvalue weighted by molar-refractivity contribution is -0.384. The molecular formula is C13H18N4O3. The van der Waals surface area contributed by atoms with Gasteiger partial charge in [-0.05, 0) is 26.0 Å². The van der Waals surface area contributed by atoms with E-state index in [1.807, 2.05) is 7.05 Å². The number of nitro groups is 1. The highest BCUT2D eigenvalue weighted by molar-refractivity contribution is 6.00. The molecule has 1 aliphatic rings. The number of likely N-dealkylation sites (N-methyl/N-ethyl adjacent to an activating group) is 1. The van der Waals surface area contributed by atoms with Crippen molar-refractivity contribution < 1.29 is 9.72 Å². The highest BCUT2D eigenvalue weighted by atomic mass is 16.6. The monoisotopic (exact) mass is 278 g/mol. The minimum Gasteiger partial charge on any atom is -0.398 e. The number of rotatable bonds is 4. The molecule has 20 heavy (non-hydrogen) atoms. The Labute approximate surface area is 116 Å². The Hall–Kier alpha value is -2.15. The van der Waals surface area contributed by atoms with Gasteiger partial charge in [-0.3, -0.25) is 14.9 Å². The van der Waals surface area contributed by atoms with Crippen molar-refractivity contribution >= 4 is 17.3 Å². The molecule has 1 aromatic carbocycles. The summed E-state index contributed by atoms with van der Waals surface area (Å²) in [6.07, 6.45) is 1.87. The molecule has 1 atom stereocenters. The molecule has 7 nitrogen and oxygen atoms in total. The lowest BCUT2D eigenvalue weighted by Gasteiger charge is -2.25. The lowest BCUT2D eigenvalue weighted by Crippen LogP contribution is -2.41. The number of nitro benzene ring substituents is 1. The van der Waals surface area contributed by atoms with Crippen molar-refractivity contribution in [2.24, 2.45) is 0 Å². The number of hydrogen-bond donors (Lipinski definition) is 2. The van der Waals surface area contributed by atoms with E-state index in [1.54, 1.807) is 4.90 Å². The van der Waals surface area contributed by atoms with Gasteiger partial charge in [0, 0.05) is 37.0 Å². The maximum absolute atomic E-state index is 12.5. The van der Waals surface area contributed by atoms with Gasteiger partial charge in [0.2, 0.25) is 0 Å². The molecule has 3 N–H and O–H groups in total. The highest BCUT2D eigenvalue weighted by Gasteiger charge is 2.30. The molecule has 1 aliphatic heterocycles. The van der Waals surface area contributed by atoms with Crippen LogP contribution in [0.5, 0.6) is 0 Å². The van der Waals surface area contributed by atoms with E-state index in [0.29, 0.717) is 13.1 Å². The second-order valence-corrected chi connectivity index (χ2v) is 4.88. The van der Waals surface area contributed by atoms with Gasteiger partial charge in [0.05, 0.1) is 10.5 Å². The normalized spacial score (nSPS) is 18.2. The molecule has 0 radical (unpaired) electrons. The molecule has 2 rings (SSSR count). The number of nitrogen functional groups attached to an aromatic ring is 1. The van der Waals surface area contributed by atoms with Crippen molar-refractivity contribution in [3.8, 4) is 0 Å². The average Bonchev–Trinajstić information content (AvgIpc) is 2.87. The van der Waals surface area contributed by atoms with Crippen LogP contribution in [0.3, 0.4) is 0 Å². The molecule has 1 unspecified atom stereocenters. The summed E-state index contributed by atoms with van der Waals surface area (Å²) in [6.45, 7) is 1.37. The third-order valence-electron chi connectivity index (χ3n) is 3.56. The Morgan fingerprint density at radius 3 is 3.00 bits per heavy atom. The first-order chi connectivity index (χ1) is 9.54. The second-order valence-electron chi connectivity index (χ2n) is 4.88. The number of nitrogens with two attached hydrogens (primary N) is 1. The lowest BCUT2D eigenvalue weighted by atomic mass is 10.1. The fourth-order valence-corrected chi connectivity index (χ4v) is 2.55. The van der Waals surface area contributed by atoms with Gasteiger partial charge in [0.1, 0.15) is 0 Å². The van der Waals surface area contributed by atoms with Crippen molar-refractivity contribution in [2.45, 2.75) is 18.9 Å². The van der Waals surface area contributed by atoms with E-state index in [1.165, 1.54) is 18.2 Å². The van der Waals surface area contributed by atoms with Crippen molar-refractivity contribution in [3.05, 3.63) is 33.9 Å². The standard InChI is InChI=1S/C13H18N4O3/c1-15-8-10-3-2-6-16(10)13(18)11-7-9(17(19)20)4-5-12(11)14/h4-5,7,10,15H,2-3,6,8,14H2,1H3. The molecule has 108 valence electrons. The zero-order chi connectivity index (χ0) is 14.7. The van der Waals surface area contributed by atoms with Gasteiger partial charge in [0.15, 0.2) is 0 Å². The maximum Gasteiger partial charge on any atom is 0.270 e. The molecule has 0 saturated carbocycles. The number of nitrogens with one attached hydrogen (secondary N) is 1. The van der Waals surface area contributed by atoms with Crippen LogP contribution in [-0.2, 0) is 0 Å². The Morgan fingerprint density at radius 1 is 1.60 bits per heavy atom. The van der Waals surface area contributed by atoms with Crippen LogP contribution in [0.4, 0.5) is 11.4 Å². The van der Waals surface area contributed by atoms with Gasteiger partial charge in [-0.1, -0.05) is 0 Å². The number of likely N-dealkylation sites (tertiary alicyclic amines) is 1. The Kier molecular flexibility index (Phi) is 4.19. The number of anilines is 1. The molecule has 1 fully saturated rings. The van der Waals surface area contributed by atoms with Crippen molar-refractivity contribution in [1.29, 1.82) is 0 Å². The molecular weight excluding hydrogens is 260 g/mol. The largest absolute Gasteiger partial charge is 0.398 e. The van der Waals surface area contributed by atoms with Crippen LogP contribution in [0.25, 0.3) is 0 Å². The number of amides is 1. The fraction of sp³-hybridized carbons (Fsp3) is 0.462. The molecule has 7 heteroatoms. The van der Waals surface area contributed by atoms with Crippen LogP contribution in [-0.4, -0.2) is 41.9 Å². The Balaban J connectivity index is 2.28. The van der Waals surface area contributed by atoms with Gasteiger partial charge in [-0.15, -0.1) is 0 Å². The molecule has 0 bridgehead atoms. The SMILES string of the molecule is CNCC1CCCN1C(=O)c1cc([N+](=O)[O-])ccc1N. The van der Waals surface area contributed by atoms with Crippen molar-refractivity contribution in [3.63, 3.8) is 0 Å². The number of nitrogens with zero attached hydrogens (tertiary/aromatic N) is 2. The van der Waals surface area contributed by atoms with E-state index >= 15 is 0 Å². The summed E-state index contributed by atoms with van der Waals surface area (Å²) in [5.74, 6) is -0.232. The van der Waals surface area contributed by atoms with Gasteiger partial charge in [-0.25, -0.2) is 0 Å². The van der Waals surface area contributed by atoms with E-state index in [4.69, 9.17) is 5.73 Å². The number of carbonyl (C=O) groups excluding carboxylic acids is 1. The summed E-state index contributed by atoms with van der Waals surface area (Å²) in [4.78, 5) is 24.5. The van der Waals surface area contributed by atoms with E-state index in [9.17, 15) is 14.9 Å². The van der Waals surface area contributed by atoms with Crippen LogP contribution < -0.4 is 11.1 Å². The van der Waals surface area contributed by atoms with E-state index in [-0.39, 0.29) is 28.9 Å². The zero-order valence-electron chi connectivity index (χ0n) is 11.3. The van der Waals surface area contributed by atoms with Crippen LogP contribution in [0, 0.1) is 10.1 Å².